The summed E-state index contributed by atoms with van der Waals surface area (Å²) in [6, 6.07) is 15.0. The lowest BCUT2D eigenvalue weighted by Gasteiger charge is -2.37. The number of nitrogens with one attached hydrogen (secondary N) is 1. The maximum absolute atomic E-state index is 11.5. The minimum Gasteiger partial charge on any atom is -0.420 e. The van der Waals surface area contributed by atoms with Crippen LogP contribution < -0.4 is 5.32 Å². The zero-order chi connectivity index (χ0) is 22.7. The molecule has 32 heavy (non-hydrogen) atoms. The lowest BCUT2D eigenvalue weighted by molar-refractivity contribution is -0.179. The molecule has 4 N–H and O–H groups in total. The average molecular weight is 439 g/mol. The molecule has 0 unspecified atom stereocenters. The number of ether oxygens (including phenoxy) is 1. The van der Waals surface area contributed by atoms with Crippen molar-refractivity contribution in [2.45, 2.75) is 37.3 Å². The fourth-order valence-corrected chi connectivity index (χ4v) is 3.72. The van der Waals surface area contributed by atoms with Crippen molar-refractivity contribution < 1.29 is 29.3 Å². The summed E-state index contributed by atoms with van der Waals surface area (Å²) in [7, 11) is 1.54. The summed E-state index contributed by atoms with van der Waals surface area (Å²) in [6.45, 7) is -0.220. The minimum absolute atomic E-state index is 0.0231. The molecule has 1 saturated heterocycles. The maximum atomic E-state index is 11.5. The van der Waals surface area contributed by atoms with Gasteiger partial charge in [0.15, 0.2) is 0 Å². The van der Waals surface area contributed by atoms with Gasteiger partial charge in [-0.3, -0.25) is 4.79 Å². The topological polar surface area (TPSA) is 138 Å². The molecule has 9 nitrogen and oxygen atoms in total. The van der Waals surface area contributed by atoms with E-state index < -0.39 is 24.4 Å². The van der Waals surface area contributed by atoms with Gasteiger partial charge in [-0.1, -0.05) is 30.3 Å². The molecule has 0 saturated carbocycles. The minimum atomic E-state index is -1.07. The van der Waals surface area contributed by atoms with Gasteiger partial charge in [-0.2, -0.15) is 0 Å². The number of hydrogen-bond donors (Lipinski definition) is 4. The standard InChI is InChI=1S/C23H25N3O6/c1-24-19(29)11-20-25-26-23(32-20)14-7-5-13(6-8-14)15-3-2-4-16(9-15)22-21(30)18(28)10-17(12-27)31-22/h2-9,17-18,21-22,27-28,30H,10-12H2,1H3,(H,24,29)/t17-,18-,21-,22+/m0/s1. The third-order valence-corrected chi connectivity index (χ3v) is 5.49. The Balaban J connectivity index is 1.53. The quantitative estimate of drug-likeness (QED) is 0.450. The van der Waals surface area contributed by atoms with E-state index in [1.807, 2.05) is 48.5 Å². The number of aliphatic hydroxyl groups is 3. The van der Waals surface area contributed by atoms with Crippen molar-refractivity contribution in [2.24, 2.45) is 0 Å². The highest BCUT2D eigenvalue weighted by Crippen LogP contribution is 2.34. The number of benzene rings is 2. The van der Waals surface area contributed by atoms with Crippen molar-refractivity contribution in [1.29, 1.82) is 0 Å². The summed E-state index contributed by atoms with van der Waals surface area (Å²) in [6.07, 6.45) is -3.07. The monoisotopic (exact) mass is 439 g/mol. The Morgan fingerprint density at radius 3 is 2.56 bits per heavy atom. The summed E-state index contributed by atoms with van der Waals surface area (Å²) in [4.78, 5) is 11.5. The van der Waals surface area contributed by atoms with E-state index in [1.165, 1.54) is 0 Å². The molecule has 0 aliphatic carbocycles. The molecule has 2 aromatic carbocycles. The molecule has 1 fully saturated rings. The van der Waals surface area contributed by atoms with Crippen LogP contribution in [0.15, 0.2) is 52.9 Å². The van der Waals surface area contributed by atoms with Crippen molar-refractivity contribution in [3.63, 3.8) is 0 Å². The molecule has 1 aliphatic rings. The number of nitrogens with zero attached hydrogens (tertiary/aromatic N) is 2. The number of carbonyl (C=O) groups is 1. The van der Waals surface area contributed by atoms with Crippen LogP contribution in [-0.4, -0.2) is 63.4 Å². The fraction of sp³-hybridized carbons (Fsp3) is 0.348. The van der Waals surface area contributed by atoms with Gasteiger partial charge >= 0.3 is 0 Å². The molecule has 1 aromatic heterocycles. The van der Waals surface area contributed by atoms with Gasteiger partial charge in [0, 0.05) is 19.0 Å². The Bertz CT molecular complexity index is 1070. The molecule has 0 bridgehead atoms. The molecule has 2 heterocycles. The van der Waals surface area contributed by atoms with E-state index in [0.29, 0.717) is 11.5 Å². The molecule has 3 aromatic rings. The van der Waals surface area contributed by atoms with Gasteiger partial charge in [0.2, 0.25) is 17.7 Å². The van der Waals surface area contributed by atoms with Crippen LogP contribution in [0.2, 0.25) is 0 Å². The highest BCUT2D eigenvalue weighted by molar-refractivity contribution is 5.77. The van der Waals surface area contributed by atoms with Crippen LogP contribution in [0.1, 0.15) is 24.0 Å². The van der Waals surface area contributed by atoms with Crippen LogP contribution in [0.5, 0.6) is 0 Å². The molecule has 0 radical (unpaired) electrons. The Labute approximate surface area is 184 Å². The number of rotatable bonds is 6. The molecule has 168 valence electrons. The Kier molecular flexibility index (Phi) is 6.61. The highest BCUT2D eigenvalue weighted by Gasteiger charge is 2.37. The van der Waals surface area contributed by atoms with Gasteiger partial charge in [0.25, 0.3) is 0 Å². The van der Waals surface area contributed by atoms with Gasteiger partial charge in [0.1, 0.15) is 18.6 Å². The largest absolute Gasteiger partial charge is 0.420 e. The Morgan fingerprint density at radius 1 is 1.09 bits per heavy atom. The Hall–Kier alpha value is -3.11. The first-order chi connectivity index (χ1) is 15.5. The zero-order valence-electron chi connectivity index (χ0n) is 17.5. The van der Waals surface area contributed by atoms with Crippen molar-refractivity contribution in [3.8, 4) is 22.6 Å². The number of hydrogen-bond acceptors (Lipinski definition) is 8. The Morgan fingerprint density at radius 2 is 1.84 bits per heavy atom. The van der Waals surface area contributed by atoms with E-state index in [2.05, 4.69) is 15.5 Å². The van der Waals surface area contributed by atoms with Crippen LogP contribution in [0.4, 0.5) is 0 Å². The molecule has 1 aliphatic heterocycles. The molecule has 0 spiro atoms. The number of aromatic nitrogens is 2. The van der Waals surface area contributed by atoms with E-state index in [1.54, 1.807) is 7.05 Å². The number of aliphatic hydroxyl groups excluding tert-OH is 3. The van der Waals surface area contributed by atoms with Crippen LogP contribution in [0, 0.1) is 0 Å². The third-order valence-electron chi connectivity index (χ3n) is 5.49. The number of amides is 1. The van der Waals surface area contributed by atoms with Crippen molar-refractivity contribution >= 4 is 5.91 Å². The normalized spacial score (nSPS) is 23.1. The first-order valence-electron chi connectivity index (χ1n) is 10.3. The average Bonchev–Trinajstić information content (AvgIpc) is 3.29. The first kappa shape index (κ1) is 22.1. The van der Waals surface area contributed by atoms with Crippen molar-refractivity contribution in [3.05, 3.63) is 60.0 Å². The fourth-order valence-electron chi connectivity index (χ4n) is 3.72. The predicted molar refractivity (Wildman–Crippen MR) is 114 cm³/mol. The summed E-state index contributed by atoms with van der Waals surface area (Å²) in [5, 5.41) is 40.3. The number of carbonyl (C=O) groups excluding carboxylic acids is 1. The van der Waals surface area contributed by atoms with E-state index >= 15 is 0 Å². The highest BCUT2D eigenvalue weighted by atomic mass is 16.5. The smallest absolute Gasteiger partial charge is 0.247 e. The SMILES string of the molecule is CNC(=O)Cc1nnc(-c2ccc(-c3cccc([C@H]4O[C@H](CO)C[C@H](O)[C@@H]4O)c3)cc2)o1. The van der Waals surface area contributed by atoms with Gasteiger partial charge in [-0.15, -0.1) is 10.2 Å². The summed E-state index contributed by atoms with van der Waals surface area (Å²) >= 11 is 0. The van der Waals surface area contributed by atoms with Crippen molar-refractivity contribution in [2.75, 3.05) is 13.7 Å². The molecule has 1 amide bonds. The van der Waals surface area contributed by atoms with Crippen LogP contribution in [-0.2, 0) is 16.0 Å². The van der Waals surface area contributed by atoms with E-state index in [9.17, 15) is 20.1 Å². The lowest BCUT2D eigenvalue weighted by atomic mass is 9.91. The van der Waals surface area contributed by atoms with Crippen LogP contribution in [0.25, 0.3) is 22.6 Å². The van der Waals surface area contributed by atoms with E-state index in [0.717, 1.165) is 16.7 Å². The van der Waals surface area contributed by atoms with Gasteiger partial charge in [-0.25, -0.2) is 0 Å². The van der Waals surface area contributed by atoms with Gasteiger partial charge in [-0.05, 0) is 34.9 Å². The second-order valence-corrected chi connectivity index (χ2v) is 7.71. The molecular formula is C23H25N3O6. The molecule has 9 heteroatoms. The van der Waals surface area contributed by atoms with Crippen LogP contribution >= 0.6 is 0 Å². The number of likely N-dealkylation sites (N-methyl/N-ethyl adjacent to an activating group) is 1. The van der Waals surface area contributed by atoms with Crippen molar-refractivity contribution in [1.82, 2.24) is 15.5 Å². The second-order valence-electron chi connectivity index (χ2n) is 7.71. The van der Waals surface area contributed by atoms with Crippen LogP contribution in [0.3, 0.4) is 0 Å². The van der Waals surface area contributed by atoms with Gasteiger partial charge in [0.05, 0.1) is 18.8 Å². The summed E-state index contributed by atoms with van der Waals surface area (Å²) in [5.74, 6) is 0.359. The molecule has 4 rings (SSSR count). The zero-order valence-corrected chi connectivity index (χ0v) is 17.5. The summed E-state index contributed by atoms with van der Waals surface area (Å²) < 4.78 is 11.4. The molecular weight excluding hydrogens is 414 g/mol. The van der Waals surface area contributed by atoms with E-state index in [-0.39, 0.29) is 31.2 Å². The summed E-state index contributed by atoms with van der Waals surface area (Å²) in [5.41, 5.74) is 3.26. The molecule has 4 atom stereocenters. The lowest BCUT2D eigenvalue weighted by Crippen LogP contribution is -2.44. The second kappa shape index (κ2) is 9.58. The van der Waals surface area contributed by atoms with Gasteiger partial charge < -0.3 is 29.8 Å². The third kappa shape index (κ3) is 4.71. The first-order valence-corrected chi connectivity index (χ1v) is 10.3. The predicted octanol–water partition coefficient (Wildman–Crippen LogP) is 1.24. The maximum Gasteiger partial charge on any atom is 0.247 e. The van der Waals surface area contributed by atoms with E-state index in [4.69, 9.17) is 9.15 Å².